The number of fused-ring (bicyclic) bond motifs is 15. The van der Waals surface area contributed by atoms with Crippen molar-refractivity contribution in [3.63, 3.8) is 0 Å². The number of ketones is 3. The van der Waals surface area contributed by atoms with Crippen LogP contribution >= 0.6 is 52.6 Å². The van der Waals surface area contributed by atoms with Crippen LogP contribution in [-0.2, 0) is 146 Å². The van der Waals surface area contributed by atoms with Crippen molar-refractivity contribution in [3.05, 3.63) is 86.1 Å². The molecule has 0 amide bonds. The zero-order chi connectivity index (χ0) is 94.6. The number of rotatable bonds is 6. The van der Waals surface area contributed by atoms with E-state index in [4.69, 9.17) is 159 Å². The van der Waals surface area contributed by atoms with Gasteiger partial charge in [-0.05, 0) is 59.0 Å². The molecule has 0 spiro atoms. The molecule has 12 aliphatic heterocycles. The molecule has 0 radical (unpaired) electrons. The third kappa shape index (κ3) is 18.8. The molecule has 0 aromatic carbocycles. The summed E-state index contributed by atoms with van der Waals surface area (Å²) in [6.45, 7) is -29.5. The number of aromatic amines is 3. The van der Waals surface area contributed by atoms with Gasteiger partial charge in [-0.3, -0.25) is 103 Å². The van der Waals surface area contributed by atoms with Gasteiger partial charge in [0.2, 0.25) is 17.8 Å². The van der Waals surface area contributed by atoms with E-state index in [1.807, 2.05) is 0 Å². The maximum atomic E-state index is 16.0. The molecule has 9 aromatic heterocycles. The second kappa shape index (κ2) is 36.7. The summed E-state index contributed by atoms with van der Waals surface area (Å²) >= 11 is 29.8. The zero-order valence-electron chi connectivity index (χ0n) is 66.8. The molecule has 29 atom stereocenters. The smallest absolute Gasteiger partial charge is 0.369 e. The highest BCUT2D eigenvalue weighted by molar-refractivity contribution is 8.44. The Bertz CT molecular complexity index is 6570. The van der Waals surface area contributed by atoms with Crippen molar-refractivity contribution < 1.29 is 148 Å². The number of alkyl halides is 5. The summed E-state index contributed by atoms with van der Waals surface area (Å²) in [6, 6.07) is 0. The third-order valence-electron chi connectivity index (χ3n) is 22.0. The molecule has 71 heteroatoms. The summed E-state index contributed by atoms with van der Waals surface area (Å²) in [4.78, 5) is 184. The van der Waals surface area contributed by atoms with E-state index in [9.17, 15) is 57.8 Å². The number of carbonyl (C=O) groups is 3. The second-order valence-corrected chi connectivity index (χ2v) is 47.5. The van der Waals surface area contributed by atoms with Gasteiger partial charge >= 0.3 is 40.4 Å². The van der Waals surface area contributed by atoms with Crippen LogP contribution in [0.25, 0.3) is 33.5 Å². The normalized spacial score (nSPS) is 38.4. The Morgan fingerprint density at radius 1 is 0.366 bits per heavy atom. The predicted octanol–water partition coefficient (Wildman–Crippen LogP) is 2.70. The van der Waals surface area contributed by atoms with Crippen molar-refractivity contribution in [3.8, 4) is 0 Å². The SMILES string of the molecule is Nc1nc2c(ncn2[C@@H]2O[C@@H]3COP(O)(=S)O[C@H]4[C@H](F)[C@H](n5cnc6c5N=CCC6=O)O[C@@H]4COP(=O)(S)O[C@@H]2C3)c(=O)[nH]1.Nc1nc2c(ncn2[C@@H]2O[C@@H]3COP(O)(=S)O[C@H]4[C@H](F)[C@H](n5cnc6c5N=CCC6=O)O[C@@H]4COP(O)(=S)O[C@@H]2[C@@H]3F)c(=O)[nH]1.Nc1nc2c(ncn2[C@@H]2O[C@@H]3COP(O)(=S)O[C@H]4[C@H](F)[C@H](n5cnc6c5N=CCC6=O)O[C@@H]4COP(O)(=S)O[C@@H]2[C@@H]3F)c(=O)[nH]1. The Morgan fingerprint density at radius 2 is 0.657 bits per heavy atom. The highest BCUT2D eigenvalue weighted by atomic mass is 32.7. The van der Waals surface area contributed by atoms with E-state index < -0.39 is 232 Å². The number of Topliss-reactive ketones (excluding diaryl/α,β-unsaturated/α-hetero) is 3. The molecule has 6 unspecified atom stereocenters. The number of carbonyl (C=O) groups excluding carboxylic acids is 3. The largest absolute Gasteiger partial charge is 0.386 e. The average molecular weight is 2110 g/mol. The summed E-state index contributed by atoms with van der Waals surface area (Å²) in [7, 11) is 0. The molecule has 6 bridgehead atoms. The Hall–Kier alpha value is -7.34. The molecule has 720 valence electrons. The number of thiol groups is 1. The van der Waals surface area contributed by atoms with Gasteiger partial charge in [0.1, 0.15) is 67.1 Å². The Balaban J connectivity index is 0.000000129. The molecular weight excluding hydrogens is 2050 g/mol. The first kappa shape index (κ1) is 95.6. The number of nitrogens with two attached hydrogens (primary N) is 3. The van der Waals surface area contributed by atoms with Gasteiger partial charge in [0, 0.05) is 44.3 Å². The standard InChI is InChI=1S/2C21H22F2N8O10P2S2.C21H23FN8O10P2S2/c2*22-10-8-3-36-42(34,44)40-14-9(39-19(11(14)23)30-5-26-12-7(32)1-2-25-16(12)30)4-37-43(35,45)41-15(10)20(38-8)31-6-27-13-17(31)28-21(24)29-18(13)33;22-12-15-11(38-20(12)29-6-25-13-9(31)1-2-24-16(13)29)5-36-41(33,43)39-10-3-8(4-35-42(34,44)40-15)37-19(10)30-7-26-14-17(30)27-21(23)28-18(14)32/h2*2,5-6,8-11,14-15,19-20H,1,3-4H2,(H,34,44)(H,35,45)(H3,24,28,29,33);2,6-8,10-12,15,19-20H,1,3-5H2,(H,33,43)(H,34,44)(H3,23,27,28,32)/t2*8-,9-,10-,11+,14-,15-,19-,20-,42?,43?;8-,10+,11+,12-,15+,19+,20+,41?,42?/m110/s1. The molecule has 0 aliphatic carbocycles. The van der Waals surface area contributed by atoms with Crippen molar-refractivity contribution in [1.29, 1.82) is 0 Å². The first-order chi connectivity index (χ1) is 63.5. The zero-order valence-corrected chi connectivity index (χ0v) is 77.2. The molecule has 0 saturated carbocycles. The number of imidazole rings is 6. The monoisotopic (exact) mass is 2110 g/mol. The lowest BCUT2D eigenvalue weighted by Gasteiger charge is -2.27. The Kier molecular flexibility index (Phi) is 26.2. The number of H-pyrrole nitrogens is 3. The fraction of sp³-hybridized carbons (Fsp3) is 0.524. The molecule has 9 fully saturated rings. The van der Waals surface area contributed by atoms with Gasteiger partial charge in [-0.15, -0.1) is 0 Å². The molecule has 9 saturated heterocycles. The van der Waals surface area contributed by atoms with Crippen molar-refractivity contribution in [2.45, 2.75) is 167 Å². The fourth-order valence-electron chi connectivity index (χ4n) is 16.1. The van der Waals surface area contributed by atoms with Crippen LogP contribution in [0.15, 0.2) is 67.3 Å². The van der Waals surface area contributed by atoms with E-state index in [1.165, 1.54) is 62.2 Å². The lowest BCUT2D eigenvalue weighted by molar-refractivity contribution is -0.0601. The van der Waals surface area contributed by atoms with Crippen molar-refractivity contribution in [1.82, 2.24) is 87.2 Å². The predicted molar refractivity (Wildman–Crippen MR) is 462 cm³/mol. The van der Waals surface area contributed by atoms with Crippen molar-refractivity contribution in [2.75, 3.05) is 56.8 Å². The molecule has 12 aliphatic rings. The maximum absolute atomic E-state index is 16.0. The van der Waals surface area contributed by atoms with Gasteiger partial charge in [0.25, 0.3) is 16.7 Å². The molecule has 134 heavy (non-hydrogen) atoms. The fourth-order valence-corrected chi connectivity index (χ4v) is 24.7. The lowest BCUT2D eigenvalue weighted by atomic mass is 10.1. The minimum atomic E-state index is -4.36. The van der Waals surface area contributed by atoms with Crippen LogP contribution in [0.2, 0.25) is 0 Å². The van der Waals surface area contributed by atoms with E-state index in [0.29, 0.717) is 0 Å². The van der Waals surface area contributed by atoms with Gasteiger partial charge in [-0.2, -0.15) is 15.0 Å². The number of aromatic nitrogens is 18. The Morgan fingerprint density at radius 3 is 1.00 bits per heavy atom. The van der Waals surface area contributed by atoms with E-state index in [1.54, 1.807) is 0 Å². The van der Waals surface area contributed by atoms with Gasteiger partial charge in [0.15, 0.2) is 154 Å². The number of hydrogen-bond donors (Lipinski definition) is 12. The summed E-state index contributed by atoms with van der Waals surface area (Å²) in [5.41, 5.74) is 14.7. The average Bonchev–Trinajstić information content (AvgIpc) is 1.62. The first-order valence-electron chi connectivity index (χ1n) is 39.1. The number of nitrogens with zero attached hydrogens (tertiary/aromatic N) is 18. The molecule has 21 rings (SSSR count). The highest BCUT2D eigenvalue weighted by Gasteiger charge is 2.59. The van der Waals surface area contributed by atoms with E-state index >= 15 is 22.0 Å². The number of hydrogen-bond acceptors (Lipinski definition) is 45. The maximum Gasteiger partial charge on any atom is 0.386 e. The van der Waals surface area contributed by atoms with Crippen LogP contribution in [0.3, 0.4) is 0 Å². The number of nitrogens with one attached hydrogen (secondary N) is 3. The Labute approximate surface area is 772 Å². The van der Waals surface area contributed by atoms with Crippen LogP contribution in [-0.4, -0.2) is 291 Å². The topological polar surface area (TPSA) is 695 Å². The van der Waals surface area contributed by atoms with Crippen molar-refractivity contribution in [2.24, 2.45) is 15.0 Å². The van der Waals surface area contributed by atoms with Gasteiger partial charge in [0.05, 0.1) is 83.7 Å². The van der Waals surface area contributed by atoms with Crippen LogP contribution in [0.5, 0.6) is 0 Å². The van der Waals surface area contributed by atoms with Crippen molar-refractivity contribution >= 4 is 216 Å². The molecular formula is C63H67F5N24O30P6S6. The minimum Gasteiger partial charge on any atom is -0.369 e. The summed E-state index contributed by atoms with van der Waals surface area (Å²) in [5, 5.41) is 0. The second-order valence-electron chi connectivity index (χ2n) is 30.6. The van der Waals surface area contributed by atoms with Gasteiger partial charge < -0.3 is 92.7 Å². The number of nitrogen functional groups attached to an aromatic ring is 3. The van der Waals surface area contributed by atoms with E-state index in [0.717, 1.165) is 21.8 Å². The number of aliphatic imine (C=N–C) groups is 3. The summed E-state index contributed by atoms with van der Waals surface area (Å²) in [6.07, 6.45) is -24.6. The quantitative estimate of drug-likeness (QED) is 0.0647. The highest BCUT2D eigenvalue weighted by Crippen LogP contribution is 2.62. The third-order valence-corrected chi connectivity index (χ3v) is 31.5. The number of anilines is 3. The van der Waals surface area contributed by atoms with Gasteiger partial charge in [-0.25, -0.2) is 71.4 Å². The van der Waals surface area contributed by atoms with Crippen LogP contribution < -0.4 is 33.9 Å². The number of ether oxygens (including phenoxy) is 6. The lowest BCUT2D eigenvalue weighted by Crippen LogP contribution is -2.34. The summed E-state index contributed by atoms with van der Waals surface area (Å²) < 4.78 is 202. The minimum absolute atomic E-state index is 0.0152. The molecule has 14 N–H and O–H groups in total. The molecule has 21 heterocycles. The van der Waals surface area contributed by atoms with Gasteiger partial charge in [-0.1, -0.05) is 12.2 Å². The van der Waals surface area contributed by atoms with E-state index in [2.05, 4.69) is 87.0 Å². The molecule has 54 nitrogen and oxygen atoms in total. The number of halogens is 5. The molecule has 9 aromatic rings. The first-order valence-corrected chi connectivity index (χ1v) is 54.8. The summed E-state index contributed by atoms with van der Waals surface area (Å²) in [5.74, 6) is -1.49. The van der Waals surface area contributed by atoms with E-state index in [-0.39, 0.29) is 136 Å². The van der Waals surface area contributed by atoms with Crippen LogP contribution in [0.1, 0.15) is 94.5 Å². The van der Waals surface area contributed by atoms with Crippen LogP contribution in [0.4, 0.5) is 57.3 Å². The van der Waals surface area contributed by atoms with Crippen LogP contribution in [0, 0.1) is 0 Å².